The van der Waals surface area contributed by atoms with Crippen LogP contribution >= 0.6 is 11.6 Å². The molecular formula is C14H19BClNO4. The van der Waals surface area contributed by atoms with Gasteiger partial charge in [0.1, 0.15) is 10.8 Å². The lowest BCUT2D eigenvalue weighted by Gasteiger charge is -2.32. The van der Waals surface area contributed by atoms with E-state index in [1.807, 2.05) is 0 Å². The van der Waals surface area contributed by atoms with Crippen LogP contribution < -0.4 is 5.46 Å². The SMILES string of the molecule is [2H]c1c(C(=O)OC([2H])([2H])[2H])nc(Cl)c(C([2H])([2H])[2H])c1B1OC(C)(C)C(C)(C)O1. The number of nitrogens with zero attached hydrogens (tertiary/aromatic N) is 1. The Labute approximate surface area is 139 Å². The standard InChI is InChI=1S/C14H19BClNO4/c1-8-9(7-10(12(18)19-6)17-11(8)16)15-20-13(2,3)14(4,5)21-15/h7H,1-6H3/i1D3,6D3,7D. The van der Waals surface area contributed by atoms with Gasteiger partial charge in [0, 0.05) is 4.11 Å². The van der Waals surface area contributed by atoms with Crippen molar-refractivity contribution in [1.29, 1.82) is 0 Å². The number of ether oxygens (including phenoxy) is 1. The Balaban J connectivity index is 2.70. The van der Waals surface area contributed by atoms with E-state index in [4.69, 9.17) is 30.5 Å². The molecule has 1 aromatic rings. The highest BCUT2D eigenvalue weighted by atomic mass is 35.5. The molecule has 1 saturated heterocycles. The number of halogens is 1. The first-order valence-corrected chi connectivity index (χ1v) is 6.54. The van der Waals surface area contributed by atoms with Crippen LogP contribution in [-0.2, 0) is 14.0 Å². The highest BCUT2D eigenvalue weighted by Gasteiger charge is 2.52. The van der Waals surface area contributed by atoms with E-state index in [0.29, 0.717) is 0 Å². The van der Waals surface area contributed by atoms with Gasteiger partial charge in [-0.1, -0.05) is 11.6 Å². The Morgan fingerprint density at radius 1 is 1.43 bits per heavy atom. The highest BCUT2D eigenvalue weighted by molar-refractivity contribution is 6.63. The Morgan fingerprint density at radius 3 is 2.57 bits per heavy atom. The van der Waals surface area contributed by atoms with Crippen LogP contribution in [0.15, 0.2) is 6.04 Å². The van der Waals surface area contributed by atoms with Gasteiger partial charge in [-0.2, -0.15) is 0 Å². The average Bonchev–Trinajstić information content (AvgIpc) is 2.65. The van der Waals surface area contributed by atoms with E-state index >= 15 is 0 Å². The third-order valence-electron chi connectivity index (χ3n) is 3.71. The van der Waals surface area contributed by atoms with Crippen molar-refractivity contribution in [3.63, 3.8) is 0 Å². The fourth-order valence-corrected chi connectivity index (χ4v) is 1.95. The second-order valence-electron chi connectivity index (χ2n) is 5.64. The fraction of sp³-hybridized carbons (Fsp3) is 0.571. The molecule has 0 N–H and O–H groups in total. The van der Waals surface area contributed by atoms with Gasteiger partial charge in [-0.05, 0) is 51.6 Å². The smallest absolute Gasteiger partial charge is 0.464 e. The highest BCUT2D eigenvalue weighted by Crippen LogP contribution is 2.36. The van der Waals surface area contributed by atoms with E-state index in [-0.39, 0.29) is 5.46 Å². The number of carbonyl (C=O) groups excluding carboxylic acids is 1. The van der Waals surface area contributed by atoms with Crippen molar-refractivity contribution in [2.45, 2.75) is 45.7 Å². The predicted molar refractivity (Wildman–Crippen MR) is 81.0 cm³/mol. The average molecular weight is 319 g/mol. The van der Waals surface area contributed by atoms with Gasteiger partial charge in [0.15, 0.2) is 0 Å². The van der Waals surface area contributed by atoms with Crippen molar-refractivity contribution < 1.29 is 28.4 Å². The molecule has 1 aliphatic rings. The number of rotatable bonds is 2. The number of carbonyl (C=O) groups is 1. The van der Waals surface area contributed by atoms with Gasteiger partial charge in [0.25, 0.3) is 0 Å². The summed E-state index contributed by atoms with van der Waals surface area (Å²) >= 11 is 6.01. The molecule has 21 heavy (non-hydrogen) atoms. The molecule has 0 atom stereocenters. The zero-order chi connectivity index (χ0) is 21.9. The molecule has 0 radical (unpaired) electrons. The van der Waals surface area contributed by atoms with Crippen molar-refractivity contribution >= 4 is 30.2 Å². The van der Waals surface area contributed by atoms with E-state index in [1.54, 1.807) is 27.7 Å². The van der Waals surface area contributed by atoms with Gasteiger partial charge in [-0.3, -0.25) is 0 Å². The van der Waals surface area contributed by atoms with E-state index in [0.717, 1.165) is 0 Å². The molecule has 5 nitrogen and oxygen atoms in total. The molecule has 2 rings (SSSR count). The summed E-state index contributed by atoms with van der Waals surface area (Å²) in [4.78, 5) is 15.8. The van der Waals surface area contributed by atoms with Gasteiger partial charge >= 0.3 is 13.1 Å². The molecule has 0 bridgehead atoms. The molecule has 0 saturated carbocycles. The number of hydrogen-bond donors (Lipinski definition) is 0. The van der Waals surface area contributed by atoms with Gasteiger partial charge in [0.05, 0.1) is 23.7 Å². The molecular weight excluding hydrogens is 292 g/mol. The van der Waals surface area contributed by atoms with Crippen molar-refractivity contribution in [3.8, 4) is 0 Å². The number of esters is 1. The van der Waals surface area contributed by atoms with Crippen LogP contribution in [0.25, 0.3) is 0 Å². The topological polar surface area (TPSA) is 57.7 Å². The maximum atomic E-state index is 12.2. The van der Waals surface area contributed by atoms with Crippen molar-refractivity contribution in [1.82, 2.24) is 4.98 Å². The van der Waals surface area contributed by atoms with Crippen LogP contribution in [0.2, 0.25) is 5.15 Å². The summed E-state index contributed by atoms with van der Waals surface area (Å²) < 4.78 is 68.5. The van der Waals surface area contributed by atoms with Crippen LogP contribution in [0.5, 0.6) is 0 Å². The van der Waals surface area contributed by atoms with Crippen LogP contribution in [0, 0.1) is 6.85 Å². The van der Waals surface area contributed by atoms with Gasteiger partial charge in [-0.25, -0.2) is 9.78 Å². The van der Waals surface area contributed by atoms with Crippen LogP contribution in [0.4, 0.5) is 0 Å². The first-order chi connectivity index (χ1) is 12.4. The molecule has 0 aromatic carbocycles. The third-order valence-corrected chi connectivity index (χ3v) is 3.99. The summed E-state index contributed by atoms with van der Waals surface area (Å²) in [6.07, 6.45) is 0. The number of pyridine rings is 1. The Hall–Kier alpha value is -1.11. The lowest BCUT2D eigenvalue weighted by molar-refractivity contribution is 0.00578. The summed E-state index contributed by atoms with van der Waals surface area (Å²) in [5, 5.41) is -0.599. The molecule has 0 spiro atoms. The number of aromatic nitrogens is 1. The predicted octanol–water partition coefficient (Wildman–Crippen LogP) is 2.13. The first-order valence-electron chi connectivity index (χ1n) is 9.67. The third kappa shape index (κ3) is 2.80. The monoisotopic (exact) mass is 318 g/mol. The Morgan fingerprint density at radius 2 is 2.05 bits per heavy atom. The first kappa shape index (κ1) is 9.13. The quantitative estimate of drug-likeness (QED) is 0.475. The van der Waals surface area contributed by atoms with Crippen molar-refractivity contribution in [2.24, 2.45) is 0 Å². The molecule has 0 aliphatic carbocycles. The minimum atomic E-state index is -3.08. The number of hydrogen-bond acceptors (Lipinski definition) is 5. The van der Waals surface area contributed by atoms with E-state index in [2.05, 4.69) is 9.72 Å². The molecule has 2 heterocycles. The zero-order valence-corrected chi connectivity index (χ0v) is 12.8. The Bertz CT molecular complexity index is 794. The lowest BCUT2D eigenvalue weighted by atomic mass is 9.76. The second kappa shape index (κ2) is 5.27. The summed E-state index contributed by atoms with van der Waals surface area (Å²) in [5.74, 6) is -1.44. The number of methoxy groups -OCH3 is 1. The summed E-state index contributed by atoms with van der Waals surface area (Å²) in [5.41, 5.74) is -3.32. The van der Waals surface area contributed by atoms with Crippen LogP contribution in [0.3, 0.4) is 0 Å². The minimum Gasteiger partial charge on any atom is -0.464 e. The van der Waals surface area contributed by atoms with Gasteiger partial charge in [0.2, 0.25) is 0 Å². The molecule has 1 aromatic heterocycles. The molecule has 1 fully saturated rings. The Kier molecular flexibility index (Phi) is 2.29. The fourth-order valence-electron chi connectivity index (χ4n) is 1.77. The van der Waals surface area contributed by atoms with Gasteiger partial charge < -0.3 is 14.0 Å². The molecule has 0 unspecified atom stereocenters. The normalized spacial score (nSPS) is 25.8. The van der Waals surface area contributed by atoms with E-state index in [1.165, 1.54) is 0 Å². The maximum Gasteiger partial charge on any atom is 0.495 e. The van der Waals surface area contributed by atoms with E-state index < -0.39 is 60.6 Å². The summed E-state index contributed by atoms with van der Waals surface area (Å²) in [6.45, 7) is 4.08. The van der Waals surface area contributed by atoms with Crippen LogP contribution in [-0.4, -0.2) is 36.3 Å². The molecule has 0 amide bonds. The molecule has 114 valence electrons. The van der Waals surface area contributed by atoms with Crippen LogP contribution in [0.1, 0.15) is 53.3 Å². The largest absolute Gasteiger partial charge is 0.495 e. The van der Waals surface area contributed by atoms with E-state index in [9.17, 15) is 4.79 Å². The molecule has 7 heteroatoms. The second-order valence-corrected chi connectivity index (χ2v) is 6.00. The lowest BCUT2D eigenvalue weighted by Crippen LogP contribution is -2.41. The minimum absolute atomic E-state index is 0.323. The summed E-state index contributed by atoms with van der Waals surface area (Å²) in [6, 6.07) is -0.691. The summed E-state index contributed by atoms with van der Waals surface area (Å²) in [7, 11) is -4.42. The maximum absolute atomic E-state index is 12.2. The zero-order valence-electron chi connectivity index (χ0n) is 19.0. The van der Waals surface area contributed by atoms with Crippen molar-refractivity contribution in [2.75, 3.05) is 7.04 Å². The van der Waals surface area contributed by atoms with Crippen molar-refractivity contribution in [3.05, 3.63) is 22.5 Å². The van der Waals surface area contributed by atoms with Gasteiger partial charge in [-0.15, -0.1) is 0 Å². The molecule has 1 aliphatic heterocycles.